The van der Waals surface area contributed by atoms with Gasteiger partial charge in [-0.1, -0.05) is 48.0 Å². The Kier molecular flexibility index (Phi) is 5.78. The molecule has 0 spiro atoms. The van der Waals surface area contributed by atoms with E-state index in [9.17, 15) is 4.79 Å². The van der Waals surface area contributed by atoms with E-state index in [0.717, 1.165) is 0 Å². The van der Waals surface area contributed by atoms with Crippen LogP contribution in [0.5, 0.6) is 11.5 Å². The molecular weight excluding hydrogens is 370 g/mol. The summed E-state index contributed by atoms with van der Waals surface area (Å²) in [5.74, 6) is 1.04. The van der Waals surface area contributed by atoms with E-state index >= 15 is 0 Å². The molecule has 0 aliphatic rings. The highest BCUT2D eigenvalue weighted by molar-refractivity contribution is 7.80. The third-order valence-electron chi connectivity index (χ3n) is 3.29. The maximum absolute atomic E-state index is 12.2. The van der Waals surface area contributed by atoms with Crippen molar-refractivity contribution in [2.75, 3.05) is 5.32 Å². The molecule has 3 rings (SSSR count). The molecule has 0 bridgehead atoms. The maximum atomic E-state index is 12.2. The van der Waals surface area contributed by atoms with Crippen LogP contribution in [0.25, 0.3) is 0 Å². The third kappa shape index (κ3) is 4.78. The number of hydrogen-bond donors (Lipinski definition) is 2. The van der Waals surface area contributed by atoms with Gasteiger partial charge in [-0.2, -0.15) is 0 Å². The van der Waals surface area contributed by atoms with Crippen molar-refractivity contribution >= 4 is 40.7 Å². The molecule has 0 aliphatic heterocycles. The Morgan fingerprint density at radius 3 is 2.38 bits per heavy atom. The quantitative estimate of drug-likeness (QED) is 0.642. The molecular formula is C19H14ClN3O2S. The third-order valence-corrected chi connectivity index (χ3v) is 3.70. The Labute approximate surface area is 161 Å². The number of pyridine rings is 1. The van der Waals surface area contributed by atoms with Crippen molar-refractivity contribution in [2.24, 2.45) is 0 Å². The number of nitrogens with one attached hydrogen (secondary N) is 2. The summed E-state index contributed by atoms with van der Waals surface area (Å²) in [7, 11) is 0. The second-order valence-electron chi connectivity index (χ2n) is 5.19. The predicted octanol–water partition coefficient (Wildman–Crippen LogP) is 4.65. The SMILES string of the molecule is O=C(NC(=S)Nc1ncc(Cl)cc1Oc1ccccc1)c1ccccc1. The van der Waals surface area contributed by atoms with Crippen LogP contribution in [0.1, 0.15) is 10.4 Å². The van der Waals surface area contributed by atoms with Gasteiger partial charge in [-0.15, -0.1) is 0 Å². The molecule has 1 amide bonds. The number of anilines is 1. The molecule has 0 saturated carbocycles. The van der Waals surface area contributed by atoms with E-state index < -0.39 is 0 Å². The van der Waals surface area contributed by atoms with Gasteiger partial charge in [0.1, 0.15) is 5.75 Å². The highest BCUT2D eigenvalue weighted by Crippen LogP contribution is 2.30. The molecule has 0 atom stereocenters. The molecule has 0 unspecified atom stereocenters. The summed E-state index contributed by atoms with van der Waals surface area (Å²) in [6.45, 7) is 0. The van der Waals surface area contributed by atoms with Gasteiger partial charge in [0.15, 0.2) is 16.7 Å². The molecule has 26 heavy (non-hydrogen) atoms. The first-order valence-corrected chi connectivity index (χ1v) is 8.46. The Hall–Kier alpha value is -2.96. The number of nitrogens with zero attached hydrogens (tertiary/aromatic N) is 1. The zero-order valence-electron chi connectivity index (χ0n) is 13.5. The highest BCUT2D eigenvalue weighted by Gasteiger charge is 2.12. The minimum Gasteiger partial charge on any atom is -0.453 e. The summed E-state index contributed by atoms with van der Waals surface area (Å²) in [4.78, 5) is 16.4. The molecule has 2 aromatic carbocycles. The standard InChI is InChI=1S/C19H14ClN3O2S/c20-14-11-16(25-15-9-5-2-6-10-15)17(21-12-14)22-19(26)23-18(24)13-7-3-1-4-8-13/h1-12H,(H2,21,22,23,24,26). The number of hydrogen-bond acceptors (Lipinski definition) is 4. The summed E-state index contributed by atoms with van der Waals surface area (Å²) in [6, 6.07) is 19.6. The van der Waals surface area contributed by atoms with E-state index in [1.54, 1.807) is 42.5 Å². The Bertz CT molecular complexity index is 921. The second-order valence-corrected chi connectivity index (χ2v) is 6.03. The summed E-state index contributed by atoms with van der Waals surface area (Å²) < 4.78 is 5.80. The lowest BCUT2D eigenvalue weighted by molar-refractivity contribution is 0.0977. The van der Waals surface area contributed by atoms with Crippen LogP contribution in [0.3, 0.4) is 0 Å². The van der Waals surface area contributed by atoms with Gasteiger partial charge < -0.3 is 10.1 Å². The number of rotatable bonds is 4. The van der Waals surface area contributed by atoms with E-state index in [1.165, 1.54) is 6.20 Å². The van der Waals surface area contributed by atoms with E-state index in [2.05, 4.69) is 15.6 Å². The van der Waals surface area contributed by atoms with Crippen molar-refractivity contribution in [1.29, 1.82) is 0 Å². The van der Waals surface area contributed by atoms with Crippen molar-refractivity contribution in [1.82, 2.24) is 10.3 Å². The number of aromatic nitrogens is 1. The molecule has 0 radical (unpaired) electrons. The van der Waals surface area contributed by atoms with Gasteiger partial charge in [-0.25, -0.2) is 4.98 Å². The van der Waals surface area contributed by atoms with Crippen molar-refractivity contribution in [3.05, 3.63) is 83.5 Å². The molecule has 7 heteroatoms. The van der Waals surface area contributed by atoms with Crippen molar-refractivity contribution in [3.63, 3.8) is 0 Å². The fourth-order valence-electron chi connectivity index (χ4n) is 2.11. The number of benzene rings is 2. The molecule has 5 nitrogen and oxygen atoms in total. The average molecular weight is 384 g/mol. The van der Waals surface area contributed by atoms with Crippen LogP contribution in [-0.2, 0) is 0 Å². The minimum atomic E-state index is -0.317. The molecule has 0 saturated heterocycles. The summed E-state index contributed by atoms with van der Waals surface area (Å²) in [5.41, 5.74) is 0.501. The predicted molar refractivity (Wildman–Crippen MR) is 106 cm³/mol. The van der Waals surface area contributed by atoms with Gasteiger partial charge in [-0.05, 0) is 36.5 Å². The summed E-state index contributed by atoms with van der Waals surface area (Å²) in [5, 5.41) is 5.99. The topological polar surface area (TPSA) is 63.2 Å². The monoisotopic (exact) mass is 383 g/mol. The summed E-state index contributed by atoms with van der Waals surface area (Å²) in [6.07, 6.45) is 1.46. The lowest BCUT2D eigenvalue weighted by atomic mass is 10.2. The molecule has 130 valence electrons. The summed E-state index contributed by atoms with van der Waals surface area (Å²) >= 11 is 11.2. The smallest absolute Gasteiger partial charge is 0.257 e. The molecule has 3 aromatic rings. The zero-order valence-corrected chi connectivity index (χ0v) is 15.1. The van der Waals surface area contributed by atoms with Crippen LogP contribution in [0.15, 0.2) is 72.9 Å². The largest absolute Gasteiger partial charge is 0.453 e. The average Bonchev–Trinajstić information content (AvgIpc) is 2.65. The normalized spacial score (nSPS) is 10.0. The fourth-order valence-corrected chi connectivity index (χ4v) is 2.45. The first-order valence-electron chi connectivity index (χ1n) is 7.67. The van der Waals surface area contributed by atoms with E-state index in [1.807, 2.05) is 24.3 Å². The van der Waals surface area contributed by atoms with Crippen LogP contribution in [-0.4, -0.2) is 16.0 Å². The molecule has 0 aliphatic carbocycles. The van der Waals surface area contributed by atoms with Gasteiger partial charge in [0.25, 0.3) is 5.91 Å². The van der Waals surface area contributed by atoms with Crippen LogP contribution < -0.4 is 15.4 Å². The molecule has 2 N–H and O–H groups in total. The minimum absolute atomic E-state index is 0.103. The number of amides is 1. The first-order chi connectivity index (χ1) is 12.6. The van der Waals surface area contributed by atoms with Gasteiger partial charge >= 0.3 is 0 Å². The number of carbonyl (C=O) groups excluding carboxylic acids is 1. The number of ether oxygens (including phenoxy) is 1. The van der Waals surface area contributed by atoms with Crippen LogP contribution >= 0.6 is 23.8 Å². The van der Waals surface area contributed by atoms with Gasteiger partial charge in [-0.3, -0.25) is 10.1 Å². The molecule has 1 aromatic heterocycles. The Balaban J connectivity index is 1.73. The molecule has 0 fully saturated rings. The van der Waals surface area contributed by atoms with Crippen molar-refractivity contribution < 1.29 is 9.53 Å². The number of carbonyl (C=O) groups is 1. The van der Waals surface area contributed by atoms with Crippen LogP contribution in [0, 0.1) is 0 Å². The number of para-hydroxylation sites is 1. The Morgan fingerprint density at radius 1 is 1.04 bits per heavy atom. The van der Waals surface area contributed by atoms with Crippen molar-refractivity contribution in [3.8, 4) is 11.5 Å². The van der Waals surface area contributed by atoms with Crippen LogP contribution in [0.4, 0.5) is 5.82 Å². The van der Waals surface area contributed by atoms with Crippen molar-refractivity contribution in [2.45, 2.75) is 0 Å². The number of halogens is 1. The van der Waals surface area contributed by atoms with Gasteiger partial charge in [0.2, 0.25) is 0 Å². The van der Waals surface area contributed by atoms with Crippen LogP contribution in [0.2, 0.25) is 5.02 Å². The van der Waals surface area contributed by atoms with Gasteiger partial charge in [0.05, 0.1) is 5.02 Å². The van der Waals surface area contributed by atoms with E-state index in [0.29, 0.717) is 27.9 Å². The molecule has 1 heterocycles. The fraction of sp³-hybridized carbons (Fsp3) is 0. The second kappa shape index (κ2) is 8.42. The van der Waals surface area contributed by atoms with E-state index in [4.69, 9.17) is 28.6 Å². The lowest BCUT2D eigenvalue weighted by Gasteiger charge is -2.13. The lowest BCUT2D eigenvalue weighted by Crippen LogP contribution is -2.34. The maximum Gasteiger partial charge on any atom is 0.257 e. The zero-order chi connectivity index (χ0) is 18.4. The van der Waals surface area contributed by atoms with Gasteiger partial charge in [0, 0.05) is 17.8 Å². The Morgan fingerprint density at radius 2 is 1.69 bits per heavy atom. The highest BCUT2D eigenvalue weighted by atomic mass is 35.5. The number of thiocarbonyl (C=S) groups is 1. The first kappa shape index (κ1) is 17.8. The van der Waals surface area contributed by atoms with E-state index in [-0.39, 0.29) is 11.0 Å².